The first-order valence-corrected chi connectivity index (χ1v) is 8.19. The van der Waals surface area contributed by atoms with Crippen molar-refractivity contribution < 1.29 is 5.11 Å². The maximum atomic E-state index is 11.2. The number of rotatable bonds is 4. The largest absolute Gasteiger partial charge is 0.389 e. The van der Waals surface area contributed by atoms with Gasteiger partial charge in [-0.2, -0.15) is 5.10 Å². The molecular formula is C16H27ClN2O. The summed E-state index contributed by atoms with van der Waals surface area (Å²) in [6.45, 7) is 9.28. The first-order chi connectivity index (χ1) is 9.34. The van der Waals surface area contributed by atoms with Crippen LogP contribution in [0.15, 0.2) is 0 Å². The Labute approximate surface area is 127 Å². The van der Waals surface area contributed by atoms with E-state index in [2.05, 4.69) is 32.8 Å². The minimum Gasteiger partial charge on any atom is -0.389 e. The molecule has 0 radical (unpaired) electrons. The fourth-order valence-corrected chi connectivity index (χ4v) is 3.68. The normalized spacial score (nSPS) is 25.9. The zero-order valence-electron chi connectivity index (χ0n) is 13.2. The molecule has 1 heterocycles. The van der Waals surface area contributed by atoms with Crippen LogP contribution in [0.3, 0.4) is 0 Å². The SMILES string of the molecule is CCc1nn(CC)c(CC2(O)CCCCC2(C)C)c1Cl. The first kappa shape index (κ1) is 15.8. The van der Waals surface area contributed by atoms with Gasteiger partial charge in [0.1, 0.15) is 0 Å². The summed E-state index contributed by atoms with van der Waals surface area (Å²) in [6.07, 6.45) is 5.67. The van der Waals surface area contributed by atoms with Crippen molar-refractivity contribution in [3.63, 3.8) is 0 Å². The lowest BCUT2D eigenvalue weighted by atomic mass is 9.63. The molecule has 1 N–H and O–H groups in total. The zero-order chi connectivity index (χ0) is 15.0. The van der Waals surface area contributed by atoms with E-state index >= 15 is 0 Å². The van der Waals surface area contributed by atoms with Gasteiger partial charge in [-0.15, -0.1) is 0 Å². The Kier molecular flexibility index (Phi) is 4.50. The molecule has 1 aromatic rings. The van der Waals surface area contributed by atoms with Crippen LogP contribution in [-0.2, 0) is 19.4 Å². The van der Waals surface area contributed by atoms with Gasteiger partial charge in [0.25, 0.3) is 0 Å². The van der Waals surface area contributed by atoms with Crippen LogP contribution in [0.4, 0.5) is 0 Å². The van der Waals surface area contributed by atoms with Crippen molar-refractivity contribution in [3.05, 3.63) is 16.4 Å². The second kappa shape index (κ2) is 5.69. The summed E-state index contributed by atoms with van der Waals surface area (Å²) in [6, 6.07) is 0. The smallest absolute Gasteiger partial charge is 0.0850 e. The monoisotopic (exact) mass is 298 g/mol. The van der Waals surface area contributed by atoms with Gasteiger partial charge in [0.2, 0.25) is 0 Å². The molecule has 20 heavy (non-hydrogen) atoms. The molecule has 114 valence electrons. The maximum absolute atomic E-state index is 11.2. The summed E-state index contributed by atoms with van der Waals surface area (Å²) in [5, 5.41) is 16.5. The van der Waals surface area contributed by atoms with Gasteiger partial charge in [-0.1, -0.05) is 45.2 Å². The number of hydrogen-bond donors (Lipinski definition) is 1. The highest BCUT2D eigenvalue weighted by atomic mass is 35.5. The Morgan fingerprint density at radius 3 is 2.45 bits per heavy atom. The van der Waals surface area contributed by atoms with Crippen molar-refractivity contribution in [1.29, 1.82) is 0 Å². The predicted molar refractivity (Wildman–Crippen MR) is 83.2 cm³/mol. The van der Waals surface area contributed by atoms with Crippen molar-refractivity contribution in [3.8, 4) is 0 Å². The highest BCUT2D eigenvalue weighted by Gasteiger charge is 2.46. The molecule has 4 heteroatoms. The molecule has 3 nitrogen and oxygen atoms in total. The number of nitrogens with zero attached hydrogens (tertiary/aromatic N) is 2. The number of aryl methyl sites for hydroxylation is 2. The lowest BCUT2D eigenvalue weighted by Crippen LogP contribution is -2.49. The predicted octanol–water partition coefficient (Wildman–Crippen LogP) is 3.99. The minimum atomic E-state index is -0.674. The molecule has 1 aliphatic rings. The fraction of sp³-hybridized carbons (Fsp3) is 0.812. The van der Waals surface area contributed by atoms with E-state index in [-0.39, 0.29) is 5.41 Å². The molecule has 1 unspecified atom stereocenters. The number of hydrogen-bond acceptors (Lipinski definition) is 2. The third-order valence-electron chi connectivity index (χ3n) is 5.06. The molecule has 1 fully saturated rings. The highest BCUT2D eigenvalue weighted by molar-refractivity contribution is 6.31. The second-order valence-electron chi connectivity index (χ2n) is 6.68. The molecule has 0 aliphatic heterocycles. The van der Waals surface area contributed by atoms with Crippen molar-refractivity contribution in [1.82, 2.24) is 9.78 Å². The summed E-state index contributed by atoms with van der Waals surface area (Å²) in [5.41, 5.74) is 1.21. The van der Waals surface area contributed by atoms with Gasteiger partial charge in [-0.05, 0) is 31.6 Å². The maximum Gasteiger partial charge on any atom is 0.0850 e. The first-order valence-electron chi connectivity index (χ1n) is 7.81. The molecule has 1 saturated carbocycles. The average molecular weight is 299 g/mol. The van der Waals surface area contributed by atoms with E-state index in [1.807, 2.05) is 4.68 Å². The van der Waals surface area contributed by atoms with Crippen LogP contribution in [0.2, 0.25) is 5.02 Å². The number of aliphatic hydroxyl groups is 1. The molecule has 1 aromatic heterocycles. The Morgan fingerprint density at radius 1 is 1.25 bits per heavy atom. The van der Waals surface area contributed by atoms with Gasteiger partial charge in [0.05, 0.1) is 22.0 Å². The second-order valence-corrected chi connectivity index (χ2v) is 7.05. The lowest BCUT2D eigenvalue weighted by Gasteiger charge is -2.46. The van der Waals surface area contributed by atoms with E-state index < -0.39 is 5.60 Å². The molecule has 0 saturated heterocycles. The van der Waals surface area contributed by atoms with Gasteiger partial charge >= 0.3 is 0 Å². The van der Waals surface area contributed by atoms with E-state index in [9.17, 15) is 5.11 Å². The standard InChI is InChI=1S/C16H27ClN2O/c1-5-12-14(17)13(19(6-2)18-12)11-16(20)10-8-7-9-15(16,3)4/h20H,5-11H2,1-4H3. The Bertz CT molecular complexity index is 481. The van der Waals surface area contributed by atoms with Gasteiger partial charge in [-0.25, -0.2) is 0 Å². The molecule has 0 aromatic carbocycles. The molecule has 0 amide bonds. The Morgan fingerprint density at radius 2 is 1.90 bits per heavy atom. The Balaban J connectivity index is 2.35. The van der Waals surface area contributed by atoms with E-state index in [1.54, 1.807) is 0 Å². The summed E-state index contributed by atoms with van der Waals surface area (Å²) in [7, 11) is 0. The summed E-state index contributed by atoms with van der Waals surface area (Å²) in [5.74, 6) is 0. The zero-order valence-corrected chi connectivity index (χ0v) is 13.9. The Hall–Kier alpha value is -0.540. The fourth-order valence-electron chi connectivity index (χ4n) is 3.35. The molecular weight excluding hydrogens is 272 g/mol. The quantitative estimate of drug-likeness (QED) is 0.912. The summed E-state index contributed by atoms with van der Waals surface area (Å²) < 4.78 is 1.96. The van der Waals surface area contributed by atoms with Gasteiger partial charge < -0.3 is 5.11 Å². The third-order valence-corrected chi connectivity index (χ3v) is 5.49. The van der Waals surface area contributed by atoms with E-state index in [4.69, 9.17) is 11.6 Å². The van der Waals surface area contributed by atoms with Gasteiger partial charge in [-0.3, -0.25) is 4.68 Å². The van der Waals surface area contributed by atoms with Gasteiger partial charge in [0.15, 0.2) is 0 Å². The van der Waals surface area contributed by atoms with Crippen molar-refractivity contribution in [2.45, 2.75) is 78.4 Å². The van der Waals surface area contributed by atoms with Gasteiger partial charge in [0, 0.05) is 13.0 Å². The highest BCUT2D eigenvalue weighted by Crippen LogP contribution is 2.46. The van der Waals surface area contributed by atoms with Crippen LogP contribution in [0.1, 0.15) is 64.8 Å². The lowest BCUT2D eigenvalue weighted by molar-refractivity contribution is -0.0969. The molecule has 2 rings (SSSR count). The van der Waals surface area contributed by atoms with E-state index in [0.717, 1.165) is 48.6 Å². The average Bonchev–Trinajstić information content (AvgIpc) is 2.70. The van der Waals surface area contributed by atoms with Crippen molar-refractivity contribution in [2.24, 2.45) is 5.41 Å². The molecule has 1 aliphatic carbocycles. The number of halogens is 1. The third kappa shape index (κ3) is 2.62. The minimum absolute atomic E-state index is 0.0657. The van der Waals surface area contributed by atoms with E-state index in [0.29, 0.717) is 6.42 Å². The molecule has 0 spiro atoms. The van der Waals surface area contributed by atoms with Crippen LogP contribution in [0.25, 0.3) is 0 Å². The van der Waals surface area contributed by atoms with Crippen LogP contribution in [0, 0.1) is 5.41 Å². The van der Waals surface area contributed by atoms with Crippen molar-refractivity contribution in [2.75, 3.05) is 0 Å². The summed E-state index contributed by atoms with van der Waals surface area (Å²) >= 11 is 6.49. The van der Waals surface area contributed by atoms with Crippen LogP contribution in [-0.4, -0.2) is 20.5 Å². The van der Waals surface area contributed by atoms with E-state index in [1.165, 1.54) is 6.42 Å². The van der Waals surface area contributed by atoms with Crippen molar-refractivity contribution >= 4 is 11.6 Å². The molecule has 1 atom stereocenters. The van der Waals surface area contributed by atoms with Crippen LogP contribution in [0.5, 0.6) is 0 Å². The van der Waals surface area contributed by atoms with Crippen LogP contribution >= 0.6 is 11.6 Å². The topological polar surface area (TPSA) is 38.0 Å². The molecule has 0 bridgehead atoms. The number of aromatic nitrogens is 2. The van der Waals surface area contributed by atoms with Crippen LogP contribution < -0.4 is 0 Å². The summed E-state index contributed by atoms with van der Waals surface area (Å²) in [4.78, 5) is 0.